The van der Waals surface area contributed by atoms with Crippen molar-refractivity contribution < 1.29 is 76.3 Å². The van der Waals surface area contributed by atoms with Crippen LogP contribution in [-0.2, 0) is 76.3 Å². The van der Waals surface area contributed by atoms with Gasteiger partial charge >= 0.3 is 35.8 Å². The van der Waals surface area contributed by atoms with Crippen molar-refractivity contribution in [3.8, 4) is 0 Å². The fourth-order valence-electron chi connectivity index (χ4n) is 23.1. The Labute approximate surface area is 885 Å². The normalized spacial score (nSPS) is 24.6. The number of piperazine rings is 6. The number of piperidine rings is 8. The molecule has 40 heteroatoms. The van der Waals surface area contributed by atoms with Gasteiger partial charge in [-0.1, -0.05) is 6.42 Å². The molecule has 0 aromatic carbocycles. The van der Waals surface area contributed by atoms with Crippen molar-refractivity contribution in [2.45, 2.75) is 158 Å². The molecule has 0 spiro atoms. The Morgan fingerprint density at radius 1 is 0.238 bits per heavy atom. The van der Waals surface area contributed by atoms with Gasteiger partial charge in [0.15, 0.2) is 13.2 Å². The summed E-state index contributed by atoms with van der Waals surface area (Å²) in [6.45, 7) is 57.3. The zero-order chi connectivity index (χ0) is 104. The van der Waals surface area contributed by atoms with Gasteiger partial charge in [-0.05, 0) is 264 Å². The van der Waals surface area contributed by atoms with E-state index in [9.17, 15) is 38.4 Å². The fourth-order valence-corrected chi connectivity index (χ4v) is 23.1. The molecule has 16 heterocycles. The van der Waals surface area contributed by atoms with E-state index in [1.165, 1.54) is 186 Å². The predicted molar refractivity (Wildman–Crippen MR) is 574 cm³/mol. The van der Waals surface area contributed by atoms with E-state index in [-0.39, 0.29) is 67.4 Å². The van der Waals surface area contributed by atoms with E-state index < -0.39 is 0 Å². The van der Waals surface area contributed by atoms with E-state index in [1.54, 1.807) is 14.1 Å². The van der Waals surface area contributed by atoms with Crippen LogP contribution < -0.4 is 0 Å². The van der Waals surface area contributed by atoms with Gasteiger partial charge in [0.05, 0.1) is 72.3 Å². The summed E-state index contributed by atoms with van der Waals surface area (Å²) in [5.41, 5.74) is 0. The summed E-state index contributed by atoms with van der Waals surface area (Å²) in [5, 5.41) is 0. The van der Waals surface area contributed by atoms with Gasteiger partial charge in [0.1, 0.15) is 19.8 Å². The molecule has 0 saturated carbocycles. The average Bonchev–Trinajstić information content (AvgIpc) is 0.870. The van der Waals surface area contributed by atoms with Gasteiger partial charge in [0.2, 0.25) is 0 Å². The van der Waals surface area contributed by atoms with E-state index in [0.29, 0.717) is 71.2 Å². The van der Waals surface area contributed by atoms with E-state index in [2.05, 4.69) is 145 Å². The standard InChI is InChI=1S/C19H36N4O3.C19H34N4O3.C19H36N4O2.C18H34N4O3.C16H30N4O3.C16H32N4O2/c1-20-6-3-18(4-7-20)23-10-8-22(9-11-23)17-19(24)26-14-2-5-21-12-15-25-16-13-21;1-20-9-5-17(6-10-20)22-13-11-21(12-14-22)15-19(25)26-16-18(24)23-7-3-2-4-8-23;1-20-9-5-18(6-10-20)23-13-11-22(12-14-23)17-19(24)25-16-15-21-7-3-2-4-8-21;1-19-4-2-17(3-5-19)22-8-6-21(7-9-22)16-18(23)25-15-12-20-10-13-24-14-11-20;1-17(2)15(21)13-23-16(22)12-19-8-10-20(11-9-19)14-4-6-18(3)7-5-14;1-17(2)12-13-22-16(21)14-19-8-10-20(11-9-19)15-4-6-18(3)7-5-15/h18H,2-17H2,1H3;17H,2-16H2,1H3;18H,2-17H2,1H3;17H,2-16H2,1H3;14H,4-13H2,1-3H3;15H,4-14H2,1-3H3. The third kappa shape index (κ3) is 48.0. The van der Waals surface area contributed by atoms with E-state index in [0.717, 1.165) is 305 Å². The predicted octanol–water partition coefficient (Wildman–Crippen LogP) is -0.349. The van der Waals surface area contributed by atoms with E-state index in [4.69, 9.17) is 37.9 Å². The second-order valence-corrected chi connectivity index (χ2v) is 45.0. The molecular weight excluding hydrogens is 1880 g/mol. The number of carbonyl (C=O) groups is 8. The highest BCUT2D eigenvalue weighted by atomic mass is 16.6. The van der Waals surface area contributed by atoms with Gasteiger partial charge in [-0.15, -0.1) is 0 Å². The molecule has 0 aromatic heterocycles. The van der Waals surface area contributed by atoms with Crippen LogP contribution in [0.25, 0.3) is 0 Å². The molecule has 846 valence electrons. The lowest BCUT2D eigenvalue weighted by Crippen LogP contribution is -2.53. The molecule has 16 aliphatic heterocycles. The minimum absolute atomic E-state index is 0.0508. The van der Waals surface area contributed by atoms with Gasteiger partial charge < -0.3 is 82.0 Å². The molecule has 0 radical (unpaired) electrons. The largest absolute Gasteiger partial charge is 0.465 e. The van der Waals surface area contributed by atoms with Crippen molar-refractivity contribution in [1.29, 1.82) is 0 Å². The molecule has 16 aliphatic rings. The Morgan fingerprint density at radius 2 is 0.469 bits per heavy atom. The highest BCUT2D eigenvalue weighted by molar-refractivity contribution is 5.82. The second kappa shape index (κ2) is 68.9. The number of likely N-dealkylation sites (N-methyl/N-ethyl adjacent to an activating group) is 2. The number of hydrogen-bond donors (Lipinski definition) is 0. The number of morpholine rings is 2. The van der Waals surface area contributed by atoms with Crippen LogP contribution in [0.15, 0.2) is 0 Å². The van der Waals surface area contributed by atoms with E-state index >= 15 is 0 Å². The SMILES string of the molecule is CN(C)CCOC(=O)CN1CCN(C2CCN(C)CC2)CC1.CN1CCC(N2CCN(CC(=O)OCC(=O)N(C)C)CC2)CC1.CN1CCC(N2CCN(CC(=O)OCC(=O)N3CCCCC3)CC2)CC1.CN1CCC(N2CCN(CC(=O)OCCCN3CCOCC3)CC2)CC1.CN1CCC(N2CCN(CC(=O)OCCN3CCCCC3)CC2)CC1.CN1CCC(N2CCN(CC(=O)OCCN3CCOCC3)CC2)CC1. The van der Waals surface area contributed by atoms with Crippen molar-refractivity contribution >= 4 is 47.6 Å². The zero-order valence-electron chi connectivity index (χ0n) is 93.4. The Balaban J connectivity index is 0.000000168. The molecule has 2 amide bonds. The number of rotatable bonds is 35. The Hall–Kier alpha value is -5.20. The van der Waals surface area contributed by atoms with Crippen LogP contribution in [0, 0.1) is 0 Å². The molecule has 40 nitrogen and oxygen atoms in total. The van der Waals surface area contributed by atoms with E-state index in [1.807, 2.05) is 23.9 Å². The first-order valence-electron chi connectivity index (χ1n) is 57.5. The van der Waals surface area contributed by atoms with Crippen LogP contribution in [0.3, 0.4) is 0 Å². The number of carbonyl (C=O) groups excluding carboxylic acids is 8. The maximum Gasteiger partial charge on any atom is 0.320 e. The van der Waals surface area contributed by atoms with Crippen LogP contribution in [0.5, 0.6) is 0 Å². The van der Waals surface area contributed by atoms with Crippen LogP contribution in [0.1, 0.15) is 122 Å². The summed E-state index contributed by atoms with van der Waals surface area (Å²) in [5.74, 6) is -1.12. The van der Waals surface area contributed by atoms with Gasteiger partial charge in [0.25, 0.3) is 11.8 Å². The minimum Gasteiger partial charge on any atom is -0.465 e. The summed E-state index contributed by atoms with van der Waals surface area (Å²) in [6, 6.07) is 4.35. The third-order valence-corrected chi connectivity index (χ3v) is 33.4. The maximum absolute atomic E-state index is 12.1. The molecule has 0 aromatic rings. The van der Waals surface area contributed by atoms with Crippen molar-refractivity contribution in [2.75, 3.05) is 490 Å². The summed E-state index contributed by atoms with van der Waals surface area (Å²) in [7, 11) is 20.5. The van der Waals surface area contributed by atoms with Crippen LogP contribution in [0.4, 0.5) is 0 Å². The summed E-state index contributed by atoms with van der Waals surface area (Å²) in [4.78, 5) is 151. The first-order valence-corrected chi connectivity index (χ1v) is 57.5. The van der Waals surface area contributed by atoms with Crippen molar-refractivity contribution in [2.24, 2.45) is 0 Å². The topological polar surface area (TPSA) is 288 Å². The Bertz CT molecular complexity index is 3520. The molecular formula is C107H202N24O16. The highest BCUT2D eigenvalue weighted by Crippen LogP contribution is 2.26. The van der Waals surface area contributed by atoms with Crippen molar-refractivity contribution in [3.05, 3.63) is 0 Å². The Kier molecular flexibility index (Phi) is 57.2. The van der Waals surface area contributed by atoms with Gasteiger partial charge in [-0.25, -0.2) is 0 Å². The molecule has 0 unspecified atom stereocenters. The molecule has 0 atom stereocenters. The lowest BCUT2D eigenvalue weighted by atomic mass is 10.0. The molecule has 147 heavy (non-hydrogen) atoms. The molecule has 16 rings (SSSR count). The third-order valence-electron chi connectivity index (χ3n) is 33.4. The second-order valence-electron chi connectivity index (χ2n) is 45.0. The van der Waals surface area contributed by atoms with Gasteiger partial charge in [-0.2, -0.15) is 0 Å². The molecule has 0 N–H and O–H groups in total. The Morgan fingerprint density at radius 3 is 0.735 bits per heavy atom. The van der Waals surface area contributed by atoms with Crippen LogP contribution in [0.2, 0.25) is 0 Å². The fraction of sp³-hybridized carbons (Fsp3) is 0.925. The average molecular weight is 2080 g/mol. The zero-order valence-corrected chi connectivity index (χ0v) is 93.4. The number of hydrogen-bond acceptors (Lipinski definition) is 38. The van der Waals surface area contributed by atoms with Crippen molar-refractivity contribution in [1.82, 2.24) is 118 Å². The smallest absolute Gasteiger partial charge is 0.320 e. The number of nitrogens with zero attached hydrogens (tertiary/aromatic N) is 24. The molecule has 16 saturated heterocycles. The number of amides is 2. The van der Waals surface area contributed by atoms with Crippen LogP contribution in [-0.4, -0.2) is 691 Å². The molecule has 16 fully saturated rings. The highest BCUT2D eigenvalue weighted by Gasteiger charge is 2.36. The van der Waals surface area contributed by atoms with Crippen molar-refractivity contribution in [3.63, 3.8) is 0 Å². The first-order chi connectivity index (χ1) is 71.2. The number of likely N-dealkylation sites (tertiary alicyclic amines) is 8. The summed E-state index contributed by atoms with van der Waals surface area (Å²) in [6.07, 6.45) is 23.4. The summed E-state index contributed by atoms with van der Waals surface area (Å²) >= 11 is 0. The monoisotopic (exact) mass is 2080 g/mol. The van der Waals surface area contributed by atoms with Gasteiger partial charge in [0, 0.05) is 273 Å². The molecule has 0 bridgehead atoms. The van der Waals surface area contributed by atoms with Crippen LogP contribution >= 0.6 is 0 Å². The first kappa shape index (κ1) is 122. The van der Waals surface area contributed by atoms with Gasteiger partial charge in [-0.3, -0.25) is 112 Å². The lowest BCUT2D eigenvalue weighted by molar-refractivity contribution is -0.153. The molecule has 0 aliphatic carbocycles. The number of ether oxygens (including phenoxy) is 8. The quantitative estimate of drug-likeness (QED) is 0.0445. The number of esters is 6. The lowest BCUT2D eigenvalue weighted by Gasteiger charge is -2.42. The minimum atomic E-state index is -0.312. The summed E-state index contributed by atoms with van der Waals surface area (Å²) < 4.78 is 42.5. The maximum atomic E-state index is 12.1.